The van der Waals surface area contributed by atoms with E-state index in [1.807, 2.05) is 0 Å². The molecule has 0 amide bonds. The summed E-state index contributed by atoms with van der Waals surface area (Å²) in [5, 5.41) is 0. The predicted octanol–water partition coefficient (Wildman–Crippen LogP) is 4.63. The maximum Gasteiger partial charge on any atom is -0.0136 e. The van der Waals surface area contributed by atoms with Crippen LogP contribution in [-0.2, 0) is 0 Å². The normalized spacial score (nSPS) is 25.4. The molecule has 0 heterocycles. The van der Waals surface area contributed by atoms with Gasteiger partial charge in [-0.1, -0.05) is 44.5 Å². The molecule has 0 fully saturated rings. The molecule has 2 atom stereocenters. The van der Waals surface area contributed by atoms with Gasteiger partial charge in [-0.2, -0.15) is 0 Å². The quantitative estimate of drug-likeness (QED) is 0.622. The number of rotatable bonds is 1. The molecule has 0 heteroatoms. The van der Waals surface area contributed by atoms with Crippen molar-refractivity contribution >= 4 is 0 Å². The first-order valence-corrected chi connectivity index (χ1v) is 6.20. The van der Waals surface area contributed by atoms with Gasteiger partial charge in [0.15, 0.2) is 0 Å². The fourth-order valence-corrected chi connectivity index (χ4v) is 2.90. The van der Waals surface area contributed by atoms with Crippen LogP contribution in [0.2, 0.25) is 0 Å². The van der Waals surface area contributed by atoms with Crippen LogP contribution in [0.15, 0.2) is 18.2 Å². The molecule has 0 N–H and O–H groups in total. The van der Waals surface area contributed by atoms with E-state index in [9.17, 15) is 0 Å². The van der Waals surface area contributed by atoms with Crippen LogP contribution in [0.4, 0.5) is 0 Å². The van der Waals surface area contributed by atoms with Crippen LogP contribution >= 0.6 is 0 Å². The number of hydrogen-bond acceptors (Lipinski definition) is 0. The number of benzene rings is 1. The van der Waals surface area contributed by atoms with Crippen molar-refractivity contribution in [3.63, 3.8) is 0 Å². The molecule has 1 aliphatic rings. The Bertz CT molecular complexity index is 349. The minimum Gasteiger partial charge on any atom is -0.0622 e. The Labute approximate surface area is 93.7 Å². The highest BCUT2D eigenvalue weighted by Gasteiger charge is 2.26. The second kappa shape index (κ2) is 4.00. The largest absolute Gasteiger partial charge is 0.0622 e. The highest BCUT2D eigenvalue weighted by molar-refractivity contribution is 5.38. The van der Waals surface area contributed by atoms with Crippen LogP contribution in [-0.4, -0.2) is 0 Å². The molecular formula is C15H22. The molecular weight excluding hydrogens is 180 g/mol. The van der Waals surface area contributed by atoms with Gasteiger partial charge in [-0.3, -0.25) is 0 Å². The highest BCUT2D eigenvalue weighted by atomic mass is 14.3. The van der Waals surface area contributed by atoms with Gasteiger partial charge in [0, 0.05) is 0 Å². The van der Waals surface area contributed by atoms with Crippen molar-refractivity contribution in [1.29, 1.82) is 0 Å². The minimum absolute atomic E-state index is 0.760. The lowest BCUT2D eigenvalue weighted by Gasteiger charge is -2.32. The lowest BCUT2D eigenvalue weighted by molar-refractivity contribution is 0.410. The van der Waals surface area contributed by atoms with Crippen molar-refractivity contribution in [2.24, 2.45) is 5.92 Å². The second-order valence-electron chi connectivity index (χ2n) is 5.46. The zero-order valence-corrected chi connectivity index (χ0v) is 10.4. The summed E-state index contributed by atoms with van der Waals surface area (Å²) >= 11 is 0. The maximum atomic E-state index is 2.41. The van der Waals surface area contributed by atoms with Crippen molar-refractivity contribution in [1.82, 2.24) is 0 Å². The van der Waals surface area contributed by atoms with Crippen LogP contribution < -0.4 is 0 Å². The molecule has 0 saturated heterocycles. The predicted molar refractivity (Wildman–Crippen MR) is 66.4 cm³/mol. The first-order chi connectivity index (χ1) is 7.09. The standard InChI is InChI=1S/C15H22/c1-10(2)13-8-6-12(4)14-7-5-11(3)9-15(13)14/h5,7,9-10,12-13H,6,8H2,1-4H3/t12-,13+/m0/s1. The van der Waals surface area contributed by atoms with E-state index >= 15 is 0 Å². The Hall–Kier alpha value is -0.780. The summed E-state index contributed by atoms with van der Waals surface area (Å²) in [5.41, 5.74) is 4.64. The van der Waals surface area contributed by atoms with Crippen molar-refractivity contribution < 1.29 is 0 Å². The zero-order valence-electron chi connectivity index (χ0n) is 10.4. The van der Waals surface area contributed by atoms with Gasteiger partial charge in [0.2, 0.25) is 0 Å². The Kier molecular flexibility index (Phi) is 2.86. The molecule has 0 radical (unpaired) electrons. The molecule has 0 unspecified atom stereocenters. The minimum atomic E-state index is 0.760. The molecule has 0 spiro atoms. The van der Waals surface area contributed by atoms with Gasteiger partial charge >= 0.3 is 0 Å². The van der Waals surface area contributed by atoms with E-state index in [4.69, 9.17) is 0 Å². The Morgan fingerprint density at radius 1 is 1.13 bits per heavy atom. The van der Waals surface area contributed by atoms with Gasteiger partial charge in [0.05, 0.1) is 0 Å². The van der Waals surface area contributed by atoms with Crippen molar-refractivity contribution in [3.8, 4) is 0 Å². The Balaban J connectivity index is 2.46. The molecule has 1 aromatic carbocycles. The van der Waals surface area contributed by atoms with E-state index in [2.05, 4.69) is 45.9 Å². The molecule has 0 aliphatic heterocycles. The lowest BCUT2D eigenvalue weighted by Crippen LogP contribution is -2.17. The van der Waals surface area contributed by atoms with Crippen LogP contribution in [0.1, 0.15) is 62.1 Å². The SMILES string of the molecule is Cc1ccc2c(c1)[C@@H](C(C)C)CC[C@@H]2C. The van der Waals surface area contributed by atoms with E-state index in [1.165, 1.54) is 18.4 Å². The van der Waals surface area contributed by atoms with Gasteiger partial charge in [-0.15, -0.1) is 0 Å². The van der Waals surface area contributed by atoms with E-state index in [0.29, 0.717) is 0 Å². The number of hydrogen-bond donors (Lipinski definition) is 0. The molecule has 1 aliphatic carbocycles. The number of fused-ring (bicyclic) bond motifs is 1. The van der Waals surface area contributed by atoms with Crippen LogP contribution in [0, 0.1) is 12.8 Å². The van der Waals surface area contributed by atoms with Crippen LogP contribution in [0.25, 0.3) is 0 Å². The average molecular weight is 202 g/mol. The van der Waals surface area contributed by atoms with Gasteiger partial charge < -0.3 is 0 Å². The lowest BCUT2D eigenvalue weighted by atomic mass is 9.73. The van der Waals surface area contributed by atoms with Gasteiger partial charge in [0.1, 0.15) is 0 Å². The molecule has 0 saturated carbocycles. The first kappa shape index (κ1) is 10.7. The molecule has 0 nitrogen and oxygen atoms in total. The smallest absolute Gasteiger partial charge is 0.0136 e. The number of aryl methyl sites for hydroxylation is 1. The maximum absolute atomic E-state index is 2.41. The van der Waals surface area contributed by atoms with Gasteiger partial charge in [-0.25, -0.2) is 0 Å². The fraction of sp³-hybridized carbons (Fsp3) is 0.600. The van der Waals surface area contributed by atoms with Crippen molar-refractivity contribution in [2.75, 3.05) is 0 Å². The van der Waals surface area contributed by atoms with Gasteiger partial charge in [-0.05, 0) is 48.6 Å². The van der Waals surface area contributed by atoms with Crippen molar-refractivity contribution in [3.05, 3.63) is 34.9 Å². The van der Waals surface area contributed by atoms with Crippen LogP contribution in [0.3, 0.4) is 0 Å². The summed E-state index contributed by atoms with van der Waals surface area (Å²) in [5.74, 6) is 2.32. The van der Waals surface area contributed by atoms with Crippen LogP contribution in [0.5, 0.6) is 0 Å². The van der Waals surface area contributed by atoms with Crippen molar-refractivity contribution in [2.45, 2.75) is 52.4 Å². The zero-order chi connectivity index (χ0) is 11.0. The summed E-state index contributed by atoms with van der Waals surface area (Å²) in [4.78, 5) is 0. The molecule has 82 valence electrons. The molecule has 0 bridgehead atoms. The summed E-state index contributed by atoms with van der Waals surface area (Å²) in [6.45, 7) is 9.28. The van der Waals surface area contributed by atoms with E-state index in [-0.39, 0.29) is 0 Å². The summed E-state index contributed by atoms with van der Waals surface area (Å²) in [7, 11) is 0. The monoisotopic (exact) mass is 202 g/mol. The topological polar surface area (TPSA) is 0 Å². The Morgan fingerprint density at radius 2 is 1.87 bits per heavy atom. The third-order valence-corrected chi connectivity index (χ3v) is 3.89. The third kappa shape index (κ3) is 1.95. The summed E-state index contributed by atoms with van der Waals surface area (Å²) < 4.78 is 0. The van der Waals surface area contributed by atoms with E-state index < -0.39 is 0 Å². The Morgan fingerprint density at radius 3 is 2.53 bits per heavy atom. The highest BCUT2D eigenvalue weighted by Crippen LogP contribution is 2.42. The molecule has 0 aromatic heterocycles. The van der Waals surface area contributed by atoms with E-state index in [0.717, 1.165) is 17.8 Å². The average Bonchev–Trinajstić information content (AvgIpc) is 2.17. The molecule has 15 heavy (non-hydrogen) atoms. The first-order valence-electron chi connectivity index (χ1n) is 6.20. The summed E-state index contributed by atoms with van der Waals surface area (Å²) in [6, 6.07) is 7.03. The third-order valence-electron chi connectivity index (χ3n) is 3.89. The molecule has 1 aromatic rings. The second-order valence-corrected chi connectivity index (χ2v) is 5.46. The van der Waals surface area contributed by atoms with Gasteiger partial charge in [0.25, 0.3) is 0 Å². The summed E-state index contributed by atoms with van der Waals surface area (Å²) in [6.07, 6.45) is 2.73. The van der Waals surface area contributed by atoms with E-state index in [1.54, 1.807) is 11.1 Å². The molecule has 2 rings (SSSR count). The fourth-order valence-electron chi connectivity index (χ4n) is 2.90.